The van der Waals surface area contributed by atoms with Gasteiger partial charge in [-0.05, 0) is 43.9 Å². The van der Waals surface area contributed by atoms with Gasteiger partial charge in [-0.25, -0.2) is 13.1 Å². The number of ether oxygens (including phenoxy) is 3. The third-order valence-corrected chi connectivity index (χ3v) is 7.68. The third-order valence-electron chi connectivity index (χ3n) is 5.77. The van der Waals surface area contributed by atoms with Crippen LogP contribution in [0.2, 0.25) is 5.02 Å². The zero-order chi connectivity index (χ0) is 21.1. The maximum absolute atomic E-state index is 13.1. The molecule has 1 aromatic carbocycles. The predicted molar refractivity (Wildman–Crippen MR) is 110 cm³/mol. The summed E-state index contributed by atoms with van der Waals surface area (Å²) >= 11 is 6.17. The number of nitrogens with one attached hydrogen (secondary N) is 1. The molecule has 3 saturated heterocycles. The quantitative estimate of drug-likeness (QED) is 0.701. The van der Waals surface area contributed by atoms with E-state index >= 15 is 0 Å². The molecule has 3 fully saturated rings. The number of piperidine rings is 1. The molecule has 0 bridgehead atoms. The van der Waals surface area contributed by atoms with Crippen molar-refractivity contribution in [2.45, 2.75) is 43.0 Å². The maximum Gasteiger partial charge on any atom is 0.253 e. The van der Waals surface area contributed by atoms with Crippen molar-refractivity contribution in [2.75, 3.05) is 39.5 Å². The smallest absolute Gasteiger partial charge is 0.253 e. The summed E-state index contributed by atoms with van der Waals surface area (Å²) in [5.74, 6) is -0.0984. The Morgan fingerprint density at radius 1 is 1.13 bits per heavy atom. The fourth-order valence-corrected chi connectivity index (χ4v) is 5.77. The van der Waals surface area contributed by atoms with Crippen LogP contribution in [-0.2, 0) is 24.2 Å². The number of hydrogen-bond acceptors (Lipinski definition) is 6. The number of carbonyl (C=O) groups excluding carboxylic acids is 1. The zero-order valence-corrected chi connectivity index (χ0v) is 18.3. The first kappa shape index (κ1) is 22.0. The first-order valence-electron chi connectivity index (χ1n) is 10.4. The third kappa shape index (κ3) is 4.98. The molecular formula is C20H27ClN2O6S. The van der Waals surface area contributed by atoms with Gasteiger partial charge in [-0.1, -0.05) is 11.6 Å². The first-order chi connectivity index (χ1) is 14.4. The maximum atomic E-state index is 13.1. The Labute approximate surface area is 181 Å². The molecule has 30 heavy (non-hydrogen) atoms. The van der Waals surface area contributed by atoms with Crippen LogP contribution in [-0.4, -0.2) is 71.1 Å². The molecule has 1 amide bonds. The van der Waals surface area contributed by atoms with Crippen molar-refractivity contribution in [3.05, 3.63) is 28.8 Å². The number of hydrogen-bond donors (Lipinski definition) is 1. The van der Waals surface area contributed by atoms with Gasteiger partial charge in [0.25, 0.3) is 5.91 Å². The van der Waals surface area contributed by atoms with Crippen molar-refractivity contribution in [3.63, 3.8) is 0 Å². The molecule has 2 unspecified atom stereocenters. The van der Waals surface area contributed by atoms with Crippen LogP contribution in [0.1, 0.15) is 36.0 Å². The molecule has 0 aliphatic carbocycles. The average molecular weight is 459 g/mol. The van der Waals surface area contributed by atoms with E-state index in [1.54, 1.807) is 11.0 Å². The number of benzene rings is 1. The summed E-state index contributed by atoms with van der Waals surface area (Å²) in [5.41, 5.74) is 0.297. The van der Waals surface area contributed by atoms with Gasteiger partial charge in [0.2, 0.25) is 10.0 Å². The van der Waals surface area contributed by atoms with Gasteiger partial charge >= 0.3 is 0 Å². The molecule has 1 aromatic rings. The van der Waals surface area contributed by atoms with Gasteiger partial charge in [-0.2, -0.15) is 0 Å². The van der Waals surface area contributed by atoms with Gasteiger partial charge in [0.05, 0.1) is 24.3 Å². The zero-order valence-electron chi connectivity index (χ0n) is 16.7. The molecular weight excluding hydrogens is 432 g/mol. The lowest BCUT2D eigenvalue weighted by atomic mass is 9.96. The molecule has 166 valence electrons. The van der Waals surface area contributed by atoms with Crippen molar-refractivity contribution in [1.29, 1.82) is 0 Å². The molecule has 0 saturated carbocycles. The number of amides is 1. The summed E-state index contributed by atoms with van der Waals surface area (Å²) in [5, 5.41) is 0.0793. The lowest BCUT2D eigenvalue weighted by Gasteiger charge is -2.34. The van der Waals surface area contributed by atoms with Gasteiger partial charge in [-0.3, -0.25) is 4.79 Å². The van der Waals surface area contributed by atoms with Crippen molar-refractivity contribution < 1.29 is 27.4 Å². The van der Waals surface area contributed by atoms with Crippen LogP contribution >= 0.6 is 11.6 Å². The van der Waals surface area contributed by atoms with Gasteiger partial charge in [0.15, 0.2) is 6.29 Å². The fraction of sp³-hybridized carbons (Fsp3) is 0.650. The Kier molecular flexibility index (Phi) is 6.96. The first-order valence-corrected chi connectivity index (χ1v) is 12.2. The SMILES string of the molecule is O=C(c1ccc(Cl)c(S(=O)(=O)NCC2CCCO2)c1)N1CCCC(C2OCCO2)C1. The van der Waals surface area contributed by atoms with E-state index in [9.17, 15) is 13.2 Å². The van der Waals surface area contributed by atoms with Gasteiger partial charge in [0, 0.05) is 37.7 Å². The van der Waals surface area contributed by atoms with Crippen molar-refractivity contribution in [3.8, 4) is 0 Å². The molecule has 3 aliphatic rings. The highest BCUT2D eigenvalue weighted by atomic mass is 35.5. The predicted octanol–water partition coefficient (Wildman–Crippen LogP) is 2.02. The summed E-state index contributed by atoms with van der Waals surface area (Å²) in [6, 6.07) is 4.38. The number of likely N-dealkylation sites (tertiary alicyclic amines) is 1. The van der Waals surface area contributed by atoms with Crippen molar-refractivity contribution in [2.24, 2.45) is 5.92 Å². The summed E-state index contributed by atoms with van der Waals surface area (Å²) < 4.78 is 44.8. The second-order valence-corrected chi connectivity index (χ2v) is 10.0. The molecule has 2 atom stereocenters. The summed E-state index contributed by atoms with van der Waals surface area (Å²) in [6.07, 6.45) is 3.12. The van der Waals surface area contributed by atoms with Crippen molar-refractivity contribution >= 4 is 27.5 Å². The van der Waals surface area contributed by atoms with Crippen LogP contribution in [0.5, 0.6) is 0 Å². The average Bonchev–Trinajstić information content (AvgIpc) is 3.46. The van der Waals surface area contributed by atoms with Crippen LogP contribution in [0.15, 0.2) is 23.1 Å². The number of halogens is 1. The highest BCUT2D eigenvalue weighted by Crippen LogP contribution is 2.28. The molecule has 1 N–H and O–H groups in total. The molecule has 0 radical (unpaired) electrons. The van der Waals surface area contributed by atoms with Crippen LogP contribution in [0.3, 0.4) is 0 Å². The van der Waals surface area contributed by atoms with E-state index in [2.05, 4.69) is 4.72 Å². The van der Waals surface area contributed by atoms with Gasteiger partial charge < -0.3 is 19.1 Å². The Morgan fingerprint density at radius 2 is 1.93 bits per heavy atom. The normalized spacial score (nSPS) is 25.7. The summed E-state index contributed by atoms with van der Waals surface area (Å²) in [7, 11) is -3.86. The molecule has 8 nitrogen and oxygen atoms in total. The number of nitrogens with zero attached hydrogens (tertiary/aromatic N) is 1. The number of carbonyl (C=O) groups is 1. The lowest BCUT2D eigenvalue weighted by Crippen LogP contribution is -2.43. The van der Waals surface area contributed by atoms with Gasteiger partial charge in [0.1, 0.15) is 4.90 Å². The minimum absolute atomic E-state index is 0.0793. The van der Waals surface area contributed by atoms with Crippen LogP contribution < -0.4 is 4.72 Å². The Bertz CT molecular complexity index is 868. The second-order valence-electron chi connectivity index (χ2n) is 7.90. The Balaban J connectivity index is 1.46. The molecule has 0 spiro atoms. The van der Waals surface area contributed by atoms with Crippen molar-refractivity contribution in [1.82, 2.24) is 9.62 Å². The molecule has 3 aliphatic heterocycles. The van der Waals surface area contributed by atoms with Gasteiger partial charge in [-0.15, -0.1) is 0 Å². The van der Waals surface area contributed by atoms with E-state index in [0.29, 0.717) is 38.5 Å². The number of sulfonamides is 1. The largest absolute Gasteiger partial charge is 0.377 e. The lowest BCUT2D eigenvalue weighted by molar-refractivity contribution is -0.0969. The highest BCUT2D eigenvalue weighted by Gasteiger charge is 2.33. The van der Waals surface area contributed by atoms with Crippen LogP contribution in [0.4, 0.5) is 0 Å². The standard InChI is InChI=1S/C20H27ClN2O6S/c21-17-6-5-14(11-18(17)30(25,26)22-12-16-4-2-8-27-16)19(24)23-7-1-3-15(13-23)20-28-9-10-29-20/h5-6,11,15-16,20,22H,1-4,7-10,12-13H2. The minimum Gasteiger partial charge on any atom is -0.377 e. The summed E-state index contributed by atoms with van der Waals surface area (Å²) in [6.45, 7) is 3.12. The molecule has 3 heterocycles. The molecule has 4 rings (SSSR count). The molecule has 0 aromatic heterocycles. The minimum atomic E-state index is -3.86. The van der Waals surface area contributed by atoms with E-state index in [-0.39, 0.29) is 40.7 Å². The van der Waals surface area contributed by atoms with E-state index in [1.165, 1.54) is 12.1 Å². The van der Waals surface area contributed by atoms with Crippen LogP contribution in [0.25, 0.3) is 0 Å². The highest BCUT2D eigenvalue weighted by molar-refractivity contribution is 7.89. The number of rotatable bonds is 6. The van der Waals surface area contributed by atoms with Crippen LogP contribution in [0, 0.1) is 5.92 Å². The molecule has 10 heteroatoms. The van der Waals surface area contributed by atoms with E-state index < -0.39 is 10.0 Å². The monoisotopic (exact) mass is 458 g/mol. The Hall–Kier alpha value is -1.23. The van der Waals surface area contributed by atoms with E-state index in [0.717, 1.165) is 25.7 Å². The topological polar surface area (TPSA) is 94.2 Å². The van der Waals surface area contributed by atoms with E-state index in [1.807, 2.05) is 0 Å². The fourth-order valence-electron chi connectivity index (χ4n) is 4.18. The summed E-state index contributed by atoms with van der Waals surface area (Å²) in [4.78, 5) is 14.7. The Morgan fingerprint density at radius 3 is 2.67 bits per heavy atom. The van der Waals surface area contributed by atoms with E-state index in [4.69, 9.17) is 25.8 Å². The second kappa shape index (κ2) is 9.50.